The first-order chi connectivity index (χ1) is 9.85. The van der Waals surface area contributed by atoms with Gasteiger partial charge in [0, 0.05) is 24.4 Å². The SMILES string of the molecule is NNC(Cc1ccc2c(c1)CCC2)Cc1ccccn1. The molecule has 0 bridgehead atoms. The number of hydrogen-bond donors (Lipinski definition) is 2. The average Bonchev–Trinajstić information content (AvgIpc) is 2.95. The first kappa shape index (κ1) is 13.3. The van der Waals surface area contributed by atoms with Crippen LogP contribution < -0.4 is 11.3 Å². The fraction of sp³-hybridized carbons (Fsp3) is 0.353. The third-order valence-electron chi connectivity index (χ3n) is 4.06. The lowest BCUT2D eigenvalue weighted by molar-refractivity contribution is 0.517. The van der Waals surface area contributed by atoms with Crippen molar-refractivity contribution in [1.29, 1.82) is 0 Å². The Morgan fingerprint density at radius 1 is 1.10 bits per heavy atom. The van der Waals surface area contributed by atoms with E-state index < -0.39 is 0 Å². The van der Waals surface area contributed by atoms with E-state index in [1.807, 2.05) is 24.4 Å². The van der Waals surface area contributed by atoms with Gasteiger partial charge in [-0.3, -0.25) is 16.3 Å². The van der Waals surface area contributed by atoms with Gasteiger partial charge >= 0.3 is 0 Å². The molecular weight excluding hydrogens is 246 g/mol. The zero-order valence-corrected chi connectivity index (χ0v) is 11.7. The topological polar surface area (TPSA) is 50.9 Å². The van der Waals surface area contributed by atoms with Gasteiger partial charge in [-0.1, -0.05) is 24.3 Å². The predicted molar refractivity (Wildman–Crippen MR) is 81.2 cm³/mol. The Labute approximate surface area is 120 Å². The lowest BCUT2D eigenvalue weighted by Crippen LogP contribution is -2.38. The summed E-state index contributed by atoms with van der Waals surface area (Å²) in [5.41, 5.74) is 8.42. The molecule has 1 aliphatic carbocycles. The van der Waals surface area contributed by atoms with E-state index in [-0.39, 0.29) is 6.04 Å². The molecule has 0 radical (unpaired) electrons. The van der Waals surface area contributed by atoms with E-state index in [0.29, 0.717) is 0 Å². The van der Waals surface area contributed by atoms with Gasteiger partial charge in [-0.15, -0.1) is 0 Å². The molecule has 104 valence electrons. The van der Waals surface area contributed by atoms with Gasteiger partial charge < -0.3 is 0 Å². The van der Waals surface area contributed by atoms with Crippen molar-refractivity contribution < 1.29 is 0 Å². The minimum atomic E-state index is 0.226. The van der Waals surface area contributed by atoms with Crippen LogP contribution in [-0.4, -0.2) is 11.0 Å². The summed E-state index contributed by atoms with van der Waals surface area (Å²) >= 11 is 0. The maximum Gasteiger partial charge on any atom is 0.0419 e. The number of aromatic nitrogens is 1. The van der Waals surface area contributed by atoms with Crippen LogP contribution in [0.25, 0.3) is 0 Å². The molecule has 3 heteroatoms. The first-order valence-corrected chi connectivity index (χ1v) is 7.32. The molecule has 3 rings (SSSR count). The van der Waals surface area contributed by atoms with Gasteiger partial charge in [0.05, 0.1) is 0 Å². The predicted octanol–water partition coefficient (Wildman–Crippen LogP) is 2.19. The molecule has 3 nitrogen and oxygen atoms in total. The molecule has 0 saturated heterocycles. The number of rotatable bonds is 5. The number of nitrogens with two attached hydrogens (primary N) is 1. The average molecular weight is 267 g/mol. The highest BCUT2D eigenvalue weighted by atomic mass is 15.2. The van der Waals surface area contributed by atoms with Gasteiger partial charge in [-0.25, -0.2) is 0 Å². The van der Waals surface area contributed by atoms with E-state index in [1.165, 1.54) is 36.0 Å². The summed E-state index contributed by atoms with van der Waals surface area (Å²) in [6.07, 6.45) is 7.39. The van der Waals surface area contributed by atoms with Crippen molar-refractivity contribution in [3.05, 3.63) is 65.0 Å². The minimum Gasteiger partial charge on any atom is -0.271 e. The summed E-state index contributed by atoms with van der Waals surface area (Å²) in [4.78, 5) is 4.37. The van der Waals surface area contributed by atoms with E-state index >= 15 is 0 Å². The summed E-state index contributed by atoms with van der Waals surface area (Å²) < 4.78 is 0. The van der Waals surface area contributed by atoms with Gasteiger partial charge in [0.25, 0.3) is 0 Å². The maximum absolute atomic E-state index is 5.70. The highest BCUT2D eigenvalue weighted by molar-refractivity contribution is 5.35. The minimum absolute atomic E-state index is 0.226. The second-order valence-electron chi connectivity index (χ2n) is 5.55. The summed E-state index contributed by atoms with van der Waals surface area (Å²) in [7, 11) is 0. The van der Waals surface area contributed by atoms with E-state index in [4.69, 9.17) is 5.84 Å². The van der Waals surface area contributed by atoms with Crippen molar-refractivity contribution in [1.82, 2.24) is 10.4 Å². The Balaban J connectivity index is 1.68. The summed E-state index contributed by atoms with van der Waals surface area (Å²) in [5, 5.41) is 0. The molecule has 20 heavy (non-hydrogen) atoms. The fourth-order valence-corrected chi connectivity index (χ4v) is 3.00. The number of nitrogens with one attached hydrogen (secondary N) is 1. The monoisotopic (exact) mass is 267 g/mol. The molecule has 0 amide bonds. The van der Waals surface area contributed by atoms with Crippen molar-refractivity contribution in [2.24, 2.45) is 5.84 Å². The van der Waals surface area contributed by atoms with Crippen LogP contribution in [-0.2, 0) is 25.7 Å². The molecule has 1 aromatic carbocycles. The Morgan fingerprint density at radius 3 is 2.80 bits per heavy atom. The molecule has 0 saturated carbocycles. The van der Waals surface area contributed by atoms with Gasteiger partial charge in [-0.2, -0.15) is 0 Å². The quantitative estimate of drug-likeness (QED) is 0.645. The third-order valence-corrected chi connectivity index (χ3v) is 4.06. The van der Waals surface area contributed by atoms with Crippen LogP contribution in [0.3, 0.4) is 0 Å². The molecule has 0 fully saturated rings. The van der Waals surface area contributed by atoms with Crippen molar-refractivity contribution in [3.8, 4) is 0 Å². The van der Waals surface area contributed by atoms with Gasteiger partial charge in [0.2, 0.25) is 0 Å². The smallest absolute Gasteiger partial charge is 0.0419 e. The van der Waals surface area contributed by atoms with Crippen LogP contribution in [0.15, 0.2) is 42.6 Å². The lowest BCUT2D eigenvalue weighted by atomic mass is 9.98. The fourth-order valence-electron chi connectivity index (χ4n) is 3.00. The van der Waals surface area contributed by atoms with Crippen molar-refractivity contribution >= 4 is 0 Å². The number of hydrogen-bond acceptors (Lipinski definition) is 3. The zero-order chi connectivity index (χ0) is 13.8. The lowest BCUT2D eigenvalue weighted by Gasteiger charge is -2.16. The Hall–Kier alpha value is -1.71. The van der Waals surface area contributed by atoms with Crippen LogP contribution >= 0.6 is 0 Å². The van der Waals surface area contributed by atoms with Crippen LogP contribution in [0.2, 0.25) is 0 Å². The largest absolute Gasteiger partial charge is 0.271 e. The maximum atomic E-state index is 5.70. The first-order valence-electron chi connectivity index (χ1n) is 7.32. The highest BCUT2D eigenvalue weighted by Gasteiger charge is 2.14. The highest BCUT2D eigenvalue weighted by Crippen LogP contribution is 2.23. The van der Waals surface area contributed by atoms with E-state index in [0.717, 1.165) is 18.5 Å². The second kappa shape index (κ2) is 6.16. The molecular formula is C17H21N3. The van der Waals surface area contributed by atoms with Crippen LogP contribution in [0.4, 0.5) is 0 Å². The third kappa shape index (κ3) is 3.06. The van der Waals surface area contributed by atoms with E-state index in [9.17, 15) is 0 Å². The van der Waals surface area contributed by atoms with E-state index in [2.05, 4.69) is 28.6 Å². The number of aryl methyl sites for hydroxylation is 2. The van der Waals surface area contributed by atoms with Crippen molar-refractivity contribution in [3.63, 3.8) is 0 Å². The van der Waals surface area contributed by atoms with E-state index in [1.54, 1.807) is 0 Å². The molecule has 1 heterocycles. The number of hydrazine groups is 1. The normalized spacial score (nSPS) is 15.1. The molecule has 3 N–H and O–H groups in total. The Kier molecular flexibility index (Phi) is 4.09. The molecule has 1 unspecified atom stereocenters. The molecule has 1 atom stereocenters. The number of fused-ring (bicyclic) bond motifs is 1. The molecule has 1 aromatic heterocycles. The number of nitrogens with zero attached hydrogens (tertiary/aromatic N) is 1. The summed E-state index contributed by atoms with van der Waals surface area (Å²) in [5.74, 6) is 5.70. The van der Waals surface area contributed by atoms with Crippen molar-refractivity contribution in [2.45, 2.75) is 38.1 Å². The van der Waals surface area contributed by atoms with Gasteiger partial charge in [-0.05, 0) is 54.5 Å². The van der Waals surface area contributed by atoms with Gasteiger partial charge in [0.15, 0.2) is 0 Å². The standard InChI is InChI=1S/C17H21N3/c18-20-17(12-16-6-1-2-9-19-16)11-13-7-8-14-4-3-5-15(14)10-13/h1-2,6-10,17,20H,3-5,11-12,18H2. The van der Waals surface area contributed by atoms with Crippen LogP contribution in [0, 0.1) is 0 Å². The molecule has 2 aromatic rings. The summed E-state index contributed by atoms with van der Waals surface area (Å²) in [6, 6.07) is 13.1. The number of benzene rings is 1. The van der Waals surface area contributed by atoms with Crippen LogP contribution in [0.5, 0.6) is 0 Å². The Morgan fingerprint density at radius 2 is 2.00 bits per heavy atom. The van der Waals surface area contributed by atoms with Crippen LogP contribution in [0.1, 0.15) is 28.8 Å². The summed E-state index contributed by atoms with van der Waals surface area (Å²) in [6.45, 7) is 0. The molecule has 1 aliphatic rings. The number of pyridine rings is 1. The Bertz CT molecular complexity index is 566. The molecule has 0 aliphatic heterocycles. The molecule has 0 spiro atoms. The van der Waals surface area contributed by atoms with Gasteiger partial charge in [0.1, 0.15) is 0 Å². The van der Waals surface area contributed by atoms with Crippen molar-refractivity contribution in [2.75, 3.05) is 0 Å². The second-order valence-corrected chi connectivity index (χ2v) is 5.55. The zero-order valence-electron chi connectivity index (χ0n) is 11.7.